The molecular formula is C20H32IN5OS. The first kappa shape index (κ1) is 23.2. The molecule has 0 atom stereocenters. The fourth-order valence-electron chi connectivity index (χ4n) is 3.22. The van der Waals surface area contributed by atoms with Gasteiger partial charge < -0.3 is 15.2 Å². The molecule has 1 aliphatic heterocycles. The van der Waals surface area contributed by atoms with Gasteiger partial charge in [-0.25, -0.2) is 4.99 Å². The predicted molar refractivity (Wildman–Crippen MR) is 127 cm³/mol. The number of rotatable bonds is 7. The Bertz CT molecular complexity index is 708. The normalized spacial score (nSPS) is 16.2. The third kappa shape index (κ3) is 7.04. The highest BCUT2D eigenvalue weighted by atomic mass is 127. The Morgan fingerprint density at radius 3 is 2.79 bits per heavy atom. The zero-order valence-electron chi connectivity index (χ0n) is 17.0. The molecule has 1 aliphatic rings. The van der Waals surface area contributed by atoms with Crippen molar-refractivity contribution in [3.05, 3.63) is 39.9 Å². The van der Waals surface area contributed by atoms with Gasteiger partial charge in [0.05, 0.1) is 5.69 Å². The van der Waals surface area contributed by atoms with Gasteiger partial charge in [0.1, 0.15) is 6.54 Å². The van der Waals surface area contributed by atoms with Gasteiger partial charge in [-0.3, -0.25) is 4.90 Å². The van der Waals surface area contributed by atoms with Gasteiger partial charge in [-0.1, -0.05) is 19.0 Å². The molecule has 3 heterocycles. The number of aliphatic imine (C=N–C) groups is 1. The summed E-state index contributed by atoms with van der Waals surface area (Å²) in [5.41, 5.74) is 2.41. The number of hydrogen-bond acceptors (Lipinski definition) is 5. The molecule has 2 N–H and O–H groups in total. The van der Waals surface area contributed by atoms with Crippen LogP contribution in [0.1, 0.15) is 56.5 Å². The van der Waals surface area contributed by atoms with E-state index in [9.17, 15) is 0 Å². The summed E-state index contributed by atoms with van der Waals surface area (Å²) in [5, 5.41) is 15.4. The minimum absolute atomic E-state index is 0. The van der Waals surface area contributed by atoms with E-state index < -0.39 is 0 Å². The summed E-state index contributed by atoms with van der Waals surface area (Å²) in [6.45, 7) is 11.0. The SMILES string of the molecule is CCNC(=NCc1cc(C(C)C)no1)NC1CCN(Cc2ccsc2)CC1.I. The van der Waals surface area contributed by atoms with Crippen molar-refractivity contribution >= 4 is 41.3 Å². The van der Waals surface area contributed by atoms with Gasteiger partial charge in [0.25, 0.3) is 0 Å². The van der Waals surface area contributed by atoms with Crippen LogP contribution in [0, 0.1) is 0 Å². The van der Waals surface area contributed by atoms with E-state index in [1.807, 2.05) is 6.07 Å². The summed E-state index contributed by atoms with van der Waals surface area (Å²) in [6, 6.07) is 4.68. The van der Waals surface area contributed by atoms with Crippen molar-refractivity contribution in [3.63, 3.8) is 0 Å². The molecular weight excluding hydrogens is 485 g/mol. The molecule has 0 aromatic carbocycles. The van der Waals surface area contributed by atoms with E-state index >= 15 is 0 Å². The second-order valence-corrected chi connectivity index (χ2v) is 8.17. The molecule has 2 aromatic rings. The number of thiophene rings is 1. The molecule has 8 heteroatoms. The molecule has 28 heavy (non-hydrogen) atoms. The van der Waals surface area contributed by atoms with Crippen molar-refractivity contribution in [1.29, 1.82) is 0 Å². The number of piperidine rings is 1. The third-order valence-electron chi connectivity index (χ3n) is 4.82. The Labute approximate surface area is 189 Å². The monoisotopic (exact) mass is 517 g/mol. The lowest BCUT2D eigenvalue weighted by molar-refractivity contribution is 0.198. The van der Waals surface area contributed by atoms with E-state index in [0.29, 0.717) is 18.5 Å². The maximum atomic E-state index is 5.39. The zero-order chi connectivity index (χ0) is 19.1. The molecule has 0 bridgehead atoms. The maximum Gasteiger partial charge on any atom is 0.191 e. The van der Waals surface area contributed by atoms with E-state index in [1.54, 1.807) is 11.3 Å². The number of guanidine groups is 1. The molecule has 156 valence electrons. The van der Waals surface area contributed by atoms with Gasteiger partial charge in [-0.15, -0.1) is 24.0 Å². The Kier molecular flexibility index (Phi) is 9.73. The quantitative estimate of drug-likeness (QED) is 0.328. The van der Waals surface area contributed by atoms with Gasteiger partial charge >= 0.3 is 0 Å². The van der Waals surface area contributed by atoms with Crippen molar-refractivity contribution in [2.75, 3.05) is 19.6 Å². The number of aromatic nitrogens is 1. The van der Waals surface area contributed by atoms with Crippen LogP contribution >= 0.6 is 35.3 Å². The number of nitrogens with one attached hydrogen (secondary N) is 2. The Balaban J connectivity index is 0.00000280. The largest absolute Gasteiger partial charge is 0.359 e. The lowest BCUT2D eigenvalue weighted by atomic mass is 10.0. The van der Waals surface area contributed by atoms with Crippen LogP contribution in [0.15, 0.2) is 32.4 Å². The number of likely N-dealkylation sites (tertiary alicyclic amines) is 1. The molecule has 0 unspecified atom stereocenters. The van der Waals surface area contributed by atoms with Gasteiger partial charge in [0.15, 0.2) is 11.7 Å². The van der Waals surface area contributed by atoms with Crippen molar-refractivity contribution in [2.24, 2.45) is 4.99 Å². The molecule has 1 fully saturated rings. The Morgan fingerprint density at radius 1 is 1.39 bits per heavy atom. The van der Waals surface area contributed by atoms with Crippen LogP contribution in [0.5, 0.6) is 0 Å². The lowest BCUT2D eigenvalue weighted by Crippen LogP contribution is -2.48. The topological polar surface area (TPSA) is 65.7 Å². The van der Waals surface area contributed by atoms with Gasteiger partial charge in [-0.05, 0) is 48.1 Å². The predicted octanol–water partition coefficient (Wildman–Crippen LogP) is 4.20. The Hall–Kier alpha value is -1.13. The first-order valence-electron chi connectivity index (χ1n) is 9.87. The van der Waals surface area contributed by atoms with Crippen LogP contribution in [-0.2, 0) is 13.1 Å². The zero-order valence-corrected chi connectivity index (χ0v) is 20.1. The van der Waals surface area contributed by atoms with Crippen molar-refractivity contribution in [2.45, 2.75) is 58.7 Å². The fourth-order valence-corrected chi connectivity index (χ4v) is 3.88. The average Bonchev–Trinajstić information content (AvgIpc) is 3.33. The number of hydrogen-bond donors (Lipinski definition) is 2. The average molecular weight is 517 g/mol. The highest BCUT2D eigenvalue weighted by Gasteiger charge is 2.20. The van der Waals surface area contributed by atoms with Crippen LogP contribution in [-0.4, -0.2) is 41.7 Å². The molecule has 0 radical (unpaired) electrons. The molecule has 3 rings (SSSR count). The molecule has 0 aliphatic carbocycles. The highest BCUT2D eigenvalue weighted by Crippen LogP contribution is 2.16. The van der Waals surface area contributed by atoms with Crippen molar-refractivity contribution < 1.29 is 4.52 Å². The van der Waals surface area contributed by atoms with E-state index in [4.69, 9.17) is 4.52 Å². The van der Waals surface area contributed by atoms with Gasteiger partial charge in [0.2, 0.25) is 0 Å². The summed E-state index contributed by atoms with van der Waals surface area (Å²) in [4.78, 5) is 7.21. The molecule has 0 spiro atoms. The van der Waals surface area contributed by atoms with Crippen LogP contribution in [0.4, 0.5) is 0 Å². The summed E-state index contributed by atoms with van der Waals surface area (Å²) in [6.07, 6.45) is 2.27. The number of halogens is 1. The first-order chi connectivity index (χ1) is 13.1. The molecule has 2 aromatic heterocycles. The molecule has 0 saturated carbocycles. The molecule has 1 saturated heterocycles. The van der Waals surface area contributed by atoms with Crippen LogP contribution in [0.2, 0.25) is 0 Å². The minimum Gasteiger partial charge on any atom is -0.359 e. The first-order valence-corrected chi connectivity index (χ1v) is 10.8. The van der Waals surface area contributed by atoms with Crippen molar-refractivity contribution in [3.8, 4) is 0 Å². The number of nitrogens with zero attached hydrogens (tertiary/aromatic N) is 3. The van der Waals surface area contributed by atoms with Crippen molar-refractivity contribution in [1.82, 2.24) is 20.7 Å². The van der Waals surface area contributed by atoms with Crippen LogP contribution in [0.3, 0.4) is 0 Å². The molecule has 6 nitrogen and oxygen atoms in total. The summed E-state index contributed by atoms with van der Waals surface area (Å²) < 4.78 is 5.39. The summed E-state index contributed by atoms with van der Waals surface area (Å²) in [7, 11) is 0. The van der Waals surface area contributed by atoms with Gasteiger partial charge in [-0.2, -0.15) is 11.3 Å². The smallest absolute Gasteiger partial charge is 0.191 e. The van der Waals surface area contributed by atoms with E-state index in [0.717, 1.165) is 56.4 Å². The third-order valence-corrected chi connectivity index (χ3v) is 5.55. The summed E-state index contributed by atoms with van der Waals surface area (Å²) >= 11 is 1.77. The second-order valence-electron chi connectivity index (χ2n) is 7.39. The minimum atomic E-state index is 0. The maximum absolute atomic E-state index is 5.39. The Morgan fingerprint density at radius 2 is 2.18 bits per heavy atom. The standard InChI is InChI=1S/C20H31N5OS.HI/c1-4-21-20(22-12-18-11-19(15(2)3)24-26-18)23-17-5-8-25(9-6-17)13-16-7-10-27-14-16;/h7,10-11,14-15,17H,4-6,8-9,12-13H2,1-3H3,(H2,21,22,23);1H. The van der Waals surface area contributed by atoms with Gasteiger partial charge in [0, 0.05) is 38.3 Å². The molecule has 0 amide bonds. The highest BCUT2D eigenvalue weighted by molar-refractivity contribution is 14.0. The van der Waals surface area contributed by atoms with Crippen LogP contribution in [0.25, 0.3) is 0 Å². The van der Waals surface area contributed by atoms with Crippen LogP contribution < -0.4 is 10.6 Å². The summed E-state index contributed by atoms with van der Waals surface area (Å²) in [5.74, 6) is 2.04. The van der Waals surface area contributed by atoms with E-state index in [1.165, 1.54) is 5.56 Å². The van der Waals surface area contributed by atoms with E-state index in [-0.39, 0.29) is 24.0 Å². The second kappa shape index (κ2) is 11.8. The van der Waals surface area contributed by atoms with E-state index in [2.05, 4.69) is 63.3 Å². The fraction of sp³-hybridized carbons (Fsp3) is 0.600. The lowest BCUT2D eigenvalue weighted by Gasteiger charge is -2.32.